The number of rotatable bonds is 8. The maximum absolute atomic E-state index is 11.7. The summed E-state index contributed by atoms with van der Waals surface area (Å²) in [6, 6.07) is 1.82. The molecular formula is C15H25N5O2S. The highest BCUT2D eigenvalue weighted by Gasteiger charge is 2.19. The van der Waals surface area contributed by atoms with Crippen LogP contribution in [0.4, 0.5) is 5.95 Å². The Hall–Kier alpha value is -1.38. The number of thioether (sulfide) groups is 1. The van der Waals surface area contributed by atoms with E-state index in [4.69, 9.17) is 0 Å². The third-order valence-corrected chi connectivity index (χ3v) is 4.48. The van der Waals surface area contributed by atoms with Gasteiger partial charge in [-0.3, -0.25) is 9.69 Å². The Kier molecular flexibility index (Phi) is 7.57. The molecule has 0 aromatic carbocycles. The minimum absolute atomic E-state index is 0.268. The largest absolute Gasteiger partial charge is 0.383 e. The molecule has 2 rings (SSSR count). The summed E-state index contributed by atoms with van der Waals surface area (Å²) in [5.74, 6) is 1.30. The molecule has 23 heavy (non-hydrogen) atoms. The molecule has 0 radical (unpaired) electrons. The number of nitrogens with zero attached hydrogens (tertiary/aromatic N) is 4. The fourth-order valence-electron chi connectivity index (χ4n) is 2.44. The van der Waals surface area contributed by atoms with Gasteiger partial charge in [0.15, 0.2) is 0 Å². The first-order valence-electron chi connectivity index (χ1n) is 7.89. The zero-order valence-electron chi connectivity index (χ0n) is 13.5. The summed E-state index contributed by atoms with van der Waals surface area (Å²) in [5, 5.41) is 12.5. The van der Waals surface area contributed by atoms with Gasteiger partial charge in [-0.05, 0) is 24.5 Å². The van der Waals surface area contributed by atoms with E-state index in [-0.39, 0.29) is 5.91 Å². The molecule has 1 fully saturated rings. The number of piperazine rings is 1. The lowest BCUT2D eigenvalue weighted by Crippen LogP contribution is -2.49. The molecule has 0 saturated carbocycles. The van der Waals surface area contributed by atoms with Crippen LogP contribution in [0.25, 0.3) is 0 Å². The van der Waals surface area contributed by atoms with Crippen molar-refractivity contribution in [2.75, 3.05) is 56.2 Å². The Morgan fingerprint density at radius 3 is 2.70 bits per heavy atom. The van der Waals surface area contributed by atoms with Gasteiger partial charge in [-0.2, -0.15) is 11.8 Å². The predicted molar refractivity (Wildman–Crippen MR) is 92.7 cm³/mol. The number of aliphatic hydroxyl groups excluding tert-OH is 1. The number of anilines is 1. The van der Waals surface area contributed by atoms with E-state index < -0.39 is 6.10 Å². The maximum atomic E-state index is 11.7. The van der Waals surface area contributed by atoms with Crippen molar-refractivity contribution in [2.45, 2.75) is 12.5 Å². The molecule has 1 aromatic heterocycles. The molecule has 1 saturated heterocycles. The highest BCUT2D eigenvalue weighted by Crippen LogP contribution is 2.09. The number of aromatic nitrogens is 2. The first kappa shape index (κ1) is 18.0. The number of carbonyl (C=O) groups excluding carboxylic acids is 1. The zero-order chi connectivity index (χ0) is 16.5. The predicted octanol–water partition coefficient (Wildman–Crippen LogP) is -0.171. The highest BCUT2D eigenvalue weighted by atomic mass is 32.2. The summed E-state index contributed by atoms with van der Waals surface area (Å²) in [6.45, 7) is 4.97. The van der Waals surface area contributed by atoms with Gasteiger partial charge in [-0.25, -0.2) is 9.97 Å². The van der Waals surface area contributed by atoms with Gasteiger partial charge < -0.3 is 15.3 Å². The van der Waals surface area contributed by atoms with Crippen LogP contribution in [0, 0.1) is 0 Å². The average Bonchev–Trinajstić information content (AvgIpc) is 2.61. The minimum atomic E-state index is -0.894. The van der Waals surface area contributed by atoms with Gasteiger partial charge >= 0.3 is 0 Å². The first-order chi connectivity index (χ1) is 11.2. The molecule has 0 aliphatic carbocycles. The van der Waals surface area contributed by atoms with Gasteiger partial charge in [0, 0.05) is 51.7 Å². The van der Waals surface area contributed by atoms with Crippen molar-refractivity contribution >= 4 is 23.6 Å². The lowest BCUT2D eigenvalue weighted by atomic mass is 10.2. The molecule has 2 heterocycles. The molecule has 1 aliphatic heterocycles. The Bertz CT molecular complexity index is 468. The van der Waals surface area contributed by atoms with E-state index in [2.05, 4.69) is 25.1 Å². The molecular weight excluding hydrogens is 314 g/mol. The zero-order valence-corrected chi connectivity index (χ0v) is 14.3. The average molecular weight is 339 g/mol. The van der Waals surface area contributed by atoms with Crippen molar-refractivity contribution < 1.29 is 9.90 Å². The fourth-order valence-corrected chi connectivity index (χ4v) is 2.90. The molecule has 2 N–H and O–H groups in total. The van der Waals surface area contributed by atoms with E-state index in [0.29, 0.717) is 13.0 Å². The van der Waals surface area contributed by atoms with Crippen LogP contribution in [-0.4, -0.2) is 83.3 Å². The van der Waals surface area contributed by atoms with Crippen LogP contribution < -0.4 is 10.2 Å². The molecule has 0 bridgehead atoms. The summed E-state index contributed by atoms with van der Waals surface area (Å²) in [7, 11) is 0. The lowest BCUT2D eigenvalue weighted by molar-refractivity contribution is -0.129. The summed E-state index contributed by atoms with van der Waals surface area (Å²) in [5.41, 5.74) is 0. The molecule has 1 aromatic rings. The van der Waals surface area contributed by atoms with Crippen LogP contribution in [0.2, 0.25) is 0 Å². The van der Waals surface area contributed by atoms with Gasteiger partial charge in [-0.15, -0.1) is 0 Å². The van der Waals surface area contributed by atoms with Crippen LogP contribution in [0.3, 0.4) is 0 Å². The number of carbonyl (C=O) groups is 1. The van der Waals surface area contributed by atoms with E-state index in [1.54, 1.807) is 24.2 Å². The van der Waals surface area contributed by atoms with Gasteiger partial charge in [0.1, 0.15) is 6.10 Å². The smallest absolute Gasteiger partial charge is 0.248 e. The third-order valence-electron chi connectivity index (χ3n) is 3.83. The molecule has 1 amide bonds. The fraction of sp³-hybridized carbons (Fsp3) is 0.667. The van der Waals surface area contributed by atoms with Gasteiger partial charge in [0.2, 0.25) is 11.9 Å². The minimum Gasteiger partial charge on any atom is -0.383 e. The summed E-state index contributed by atoms with van der Waals surface area (Å²) >= 11 is 1.63. The summed E-state index contributed by atoms with van der Waals surface area (Å²) < 4.78 is 0. The SMILES string of the molecule is CSCC[C@H](O)C(=O)NCCN1CCN(c2ncccn2)CC1. The monoisotopic (exact) mass is 339 g/mol. The molecule has 8 heteroatoms. The van der Waals surface area contributed by atoms with Gasteiger partial charge in [0.05, 0.1) is 0 Å². The standard InChI is InChI=1S/C15H25N5O2S/c1-23-12-3-13(21)14(22)16-6-7-19-8-10-20(11-9-19)15-17-4-2-5-18-15/h2,4-5,13,21H,3,6-12H2,1H3,(H,16,22)/t13-/m0/s1. The second kappa shape index (κ2) is 9.69. The second-order valence-electron chi connectivity index (χ2n) is 5.47. The summed E-state index contributed by atoms with van der Waals surface area (Å²) in [4.78, 5) is 24.7. The van der Waals surface area contributed by atoms with Crippen molar-refractivity contribution in [3.8, 4) is 0 Å². The van der Waals surface area contributed by atoms with E-state index in [9.17, 15) is 9.90 Å². The van der Waals surface area contributed by atoms with E-state index >= 15 is 0 Å². The number of aliphatic hydroxyl groups is 1. The molecule has 7 nitrogen and oxygen atoms in total. The van der Waals surface area contributed by atoms with Gasteiger partial charge in [-0.1, -0.05) is 0 Å². The highest BCUT2D eigenvalue weighted by molar-refractivity contribution is 7.98. The molecule has 1 atom stereocenters. The van der Waals surface area contributed by atoms with E-state index in [1.165, 1.54) is 0 Å². The van der Waals surface area contributed by atoms with E-state index in [1.807, 2.05) is 12.3 Å². The Morgan fingerprint density at radius 1 is 1.35 bits per heavy atom. The van der Waals surface area contributed by atoms with E-state index in [0.717, 1.165) is 44.4 Å². The Labute approximate surface area is 141 Å². The van der Waals surface area contributed by atoms with Crippen molar-refractivity contribution in [3.63, 3.8) is 0 Å². The van der Waals surface area contributed by atoms with Crippen LogP contribution in [0.15, 0.2) is 18.5 Å². The van der Waals surface area contributed by atoms with Crippen LogP contribution >= 0.6 is 11.8 Å². The second-order valence-corrected chi connectivity index (χ2v) is 6.45. The lowest BCUT2D eigenvalue weighted by Gasteiger charge is -2.34. The quantitative estimate of drug-likeness (QED) is 0.680. The van der Waals surface area contributed by atoms with Crippen LogP contribution in [0.5, 0.6) is 0 Å². The van der Waals surface area contributed by atoms with Crippen LogP contribution in [0.1, 0.15) is 6.42 Å². The van der Waals surface area contributed by atoms with Crippen molar-refractivity contribution in [1.82, 2.24) is 20.2 Å². The van der Waals surface area contributed by atoms with Crippen molar-refractivity contribution in [1.29, 1.82) is 0 Å². The van der Waals surface area contributed by atoms with Crippen molar-refractivity contribution in [3.05, 3.63) is 18.5 Å². The van der Waals surface area contributed by atoms with Gasteiger partial charge in [0.25, 0.3) is 0 Å². The molecule has 1 aliphatic rings. The topological polar surface area (TPSA) is 81.6 Å². The number of hydrogen-bond acceptors (Lipinski definition) is 7. The first-order valence-corrected chi connectivity index (χ1v) is 9.29. The molecule has 0 unspecified atom stereocenters. The Morgan fingerprint density at radius 2 is 2.04 bits per heavy atom. The Balaban J connectivity index is 1.62. The van der Waals surface area contributed by atoms with Crippen molar-refractivity contribution in [2.24, 2.45) is 0 Å². The van der Waals surface area contributed by atoms with Crippen LogP contribution in [-0.2, 0) is 4.79 Å². The molecule has 128 valence electrons. The number of amides is 1. The third kappa shape index (κ3) is 5.96. The molecule has 0 spiro atoms. The maximum Gasteiger partial charge on any atom is 0.248 e. The summed E-state index contributed by atoms with van der Waals surface area (Å²) in [6.07, 6.45) is 5.08. The normalized spacial score (nSPS) is 17.0. The number of nitrogens with one attached hydrogen (secondary N) is 1. The number of hydrogen-bond donors (Lipinski definition) is 2.